The second-order valence-electron chi connectivity index (χ2n) is 7.62. The van der Waals surface area contributed by atoms with Crippen molar-refractivity contribution in [2.24, 2.45) is 7.05 Å². The van der Waals surface area contributed by atoms with Crippen molar-refractivity contribution in [1.29, 1.82) is 0 Å². The summed E-state index contributed by atoms with van der Waals surface area (Å²) < 4.78 is 3.23. The third-order valence-corrected chi connectivity index (χ3v) is 4.94. The minimum absolute atomic E-state index is 0.177. The molecule has 162 valence electrons. The van der Waals surface area contributed by atoms with Crippen molar-refractivity contribution >= 4 is 23.3 Å². The Hall–Kier alpha value is -4.20. The van der Waals surface area contributed by atoms with E-state index in [1.54, 1.807) is 30.2 Å². The topological polar surface area (TPSA) is 93.8 Å². The van der Waals surface area contributed by atoms with Crippen molar-refractivity contribution in [3.8, 4) is 0 Å². The number of carbonyl (C=O) groups excluding carboxylic acids is 2. The molecule has 0 fully saturated rings. The highest BCUT2D eigenvalue weighted by molar-refractivity contribution is 6.03. The van der Waals surface area contributed by atoms with Crippen molar-refractivity contribution in [3.63, 3.8) is 0 Å². The number of aromatic nitrogens is 4. The number of carbonyl (C=O) groups is 2. The smallest absolute Gasteiger partial charge is 0.276 e. The van der Waals surface area contributed by atoms with Crippen LogP contribution in [0.2, 0.25) is 0 Å². The van der Waals surface area contributed by atoms with Crippen molar-refractivity contribution in [2.75, 3.05) is 10.6 Å². The number of hydrogen-bond acceptors (Lipinski definition) is 4. The van der Waals surface area contributed by atoms with Gasteiger partial charge in [-0.15, -0.1) is 0 Å². The zero-order valence-electron chi connectivity index (χ0n) is 17.9. The first kappa shape index (κ1) is 21.0. The molecule has 4 aromatic rings. The standard InChI is InChI=1S/C24H24N6O2/c1-17-8-10-19(11-9-17)15-30-16-20(14-25-30)26-24(32)21-13-22(29(2)28-21)27-23(31)12-18-6-4-3-5-7-18/h3-11,13-14,16H,12,15H2,1-2H3,(H,26,32)(H,27,31). The summed E-state index contributed by atoms with van der Waals surface area (Å²) in [4.78, 5) is 24.9. The Morgan fingerprint density at radius 2 is 1.72 bits per heavy atom. The van der Waals surface area contributed by atoms with Gasteiger partial charge in [-0.3, -0.25) is 19.0 Å². The normalized spacial score (nSPS) is 10.7. The van der Waals surface area contributed by atoms with Gasteiger partial charge in [0.25, 0.3) is 5.91 Å². The second kappa shape index (κ2) is 9.30. The average Bonchev–Trinajstić information content (AvgIpc) is 3.36. The van der Waals surface area contributed by atoms with Gasteiger partial charge in [-0.25, -0.2) is 0 Å². The molecule has 32 heavy (non-hydrogen) atoms. The Balaban J connectivity index is 1.36. The molecule has 0 saturated heterocycles. The fourth-order valence-electron chi connectivity index (χ4n) is 3.25. The van der Waals surface area contributed by atoms with E-state index in [0.717, 1.165) is 11.1 Å². The van der Waals surface area contributed by atoms with Crippen LogP contribution in [-0.4, -0.2) is 31.4 Å². The molecule has 8 nitrogen and oxygen atoms in total. The summed E-state index contributed by atoms with van der Waals surface area (Å²) in [5.74, 6) is -0.103. The molecule has 0 saturated carbocycles. The highest BCUT2D eigenvalue weighted by atomic mass is 16.2. The van der Waals surface area contributed by atoms with Crippen LogP contribution in [0, 0.1) is 6.92 Å². The lowest BCUT2D eigenvalue weighted by Gasteiger charge is -2.04. The van der Waals surface area contributed by atoms with Gasteiger partial charge in [0.1, 0.15) is 5.82 Å². The lowest BCUT2D eigenvalue weighted by molar-refractivity contribution is -0.115. The van der Waals surface area contributed by atoms with E-state index in [9.17, 15) is 9.59 Å². The van der Waals surface area contributed by atoms with Crippen LogP contribution in [0.25, 0.3) is 0 Å². The molecular formula is C24H24N6O2. The third-order valence-electron chi connectivity index (χ3n) is 4.94. The number of nitrogens with one attached hydrogen (secondary N) is 2. The van der Waals surface area contributed by atoms with Crippen molar-refractivity contribution < 1.29 is 9.59 Å². The number of amides is 2. The summed E-state index contributed by atoms with van der Waals surface area (Å²) in [6.45, 7) is 2.65. The predicted molar refractivity (Wildman–Crippen MR) is 122 cm³/mol. The van der Waals surface area contributed by atoms with Gasteiger partial charge in [0.15, 0.2) is 5.69 Å². The molecule has 0 aliphatic heterocycles. The van der Waals surface area contributed by atoms with Crippen LogP contribution in [0.5, 0.6) is 0 Å². The molecule has 2 aromatic heterocycles. The maximum Gasteiger partial charge on any atom is 0.276 e. The SMILES string of the molecule is Cc1ccc(Cn2cc(NC(=O)c3cc(NC(=O)Cc4ccccc4)n(C)n3)cn2)cc1. The van der Waals surface area contributed by atoms with Crippen LogP contribution >= 0.6 is 0 Å². The Morgan fingerprint density at radius 1 is 0.969 bits per heavy atom. The minimum atomic E-state index is -0.376. The van der Waals surface area contributed by atoms with E-state index in [2.05, 4.69) is 45.1 Å². The van der Waals surface area contributed by atoms with E-state index >= 15 is 0 Å². The number of aryl methyl sites for hydroxylation is 2. The van der Waals surface area contributed by atoms with Crippen LogP contribution in [-0.2, 0) is 24.8 Å². The van der Waals surface area contributed by atoms with Gasteiger partial charge in [0, 0.05) is 19.3 Å². The van der Waals surface area contributed by atoms with Crippen LogP contribution < -0.4 is 10.6 Å². The van der Waals surface area contributed by atoms with Gasteiger partial charge < -0.3 is 10.6 Å². The molecule has 2 amide bonds. The van der Waals surface area contributed by atoms with Gasteiger partial charge in [-0.05, 0) is 18.1 Å². The van der Waals surface area contributed by atoms with Gasteiger partial charge >= 0.3 is 0 Å². The molecule has 0 radical (unpaired) electrons. The summed E-state index contributed by atoms with van der Waals surface area (Å²) in [7, 11) is 1.68. The molecule has 2 aromatic carbocycles. The molecule has 0 aliphatic rings. The quantitative estimate of drug-likeness (QED) is 0.472. The van der Waals surface area contributed by atoms with E-state index in [0.29, 0.717) is 18.1 Å². The molecular weight excluding hydrogens is 404 g/mol. The van der Waals surface area contributed by atoms with Gasteiger partial charge in [0.05, 0.1) is 24.8 Å². The molecule has 2 heterocycles. The maximum absolute atomic E-state index is 12.6. The number of nitrogens with zero attached hydrogens (tertiary/aromatic N) is 4. The Bertz CT molecular complexity index is 1230. The Labute approximate surface area is 185 Å². The summed E-state index contributed by atoms with van der Waals surface area (Å²) in [6.07, 6.45) is 3.61. The number of hydrogen-bond donors (Lipinski definition) is 2. The summed E-state index contributed by atoms with van der Waals surface area (Å²) in [5.41, 5.74) is 4.01. The molecule has 0 unspecified atom stereocenters. The molecule has 8 heteroatoms. The Morgan fingerprint density at radius 3 is 2.47 bits per heavy atom. The van der Waals surface area contributed by atoms with Crippen LogP contribution in [0.4, 0.5) is 11.5 Å². The lowest BCUT2D eigenvalue weighted by Crippen LogP contribution is -2.16. The monoisotopic (exact) mass is 428 g/mol. The van der Waals surface area contributed by atoms with Crippen LogP contribution in [0.3, 0.4) is 0 Å². The zero-order chi connectivity index (χ0) is 22.5. The summed E-state index contributed by atoms with van der Waals surface area (Å²) in [5, 5.41) is 14.1. The van der Waals surface area contributed by atoms with E-state index in [-0.39, 0.29) is 23.9 Å². The van der Waals surface area contributed by atoms with Gasteiger partial charge in [0.2, 0.25) is 5.91 Å². The first-order valence-electron chi connectivity index (χ1n) is 10.2. The van der Waals surface area contributed by atoms with Crippen molar-refractivity contribution in [3.05, 3.63) is 95.4 Å². The lowest BCUT2D eigenvalue weighted by atomic mass is 10.1. The number of anilines is 2. The average molecular weight is 428 g/mol. The van der Waals surface area contributed by atoms with Crippen LogP contribution in [0.1, 0.15) is 27.2 Å². The highest BCUT2D eigenvalue weighted by Crippen LogP contribution is 2.14. The fraction of sp³-hybridized carbons (Fsp3) is 0.167. The number of benzene rings is 2. The Kier molecular flexibility index (Phi) is 6.12. The summed E-state index contributed by atoms with van der Waals surface area (Å²) in [6, 6.07) is 19.2. The summed E-state index contributed by atoms with van der Waals surface area (Å²) >= 11 is 0. The first-order valence-corrected chi connectivity index (χ1v) is 10.2. The van der Waals surface area contributed by atoms with Crippen molar-refractivity contribution in [2.45, 2.75) is 19.9 Å². The molecule has 2 N–H and O–H groups in total. The van der Waals surface area contributed by atoms with Gasteiger partial charge in [-0.1, -0.05) is 60.2 Å². The van der Waals surface area contributed by atoms with E-state index in [4.69, 9.17) is 0 Å². The minimum Gasteiger partial charge on any atom is -0.318 e. The highest BCUT2D eigenvalue weighted by Gasteiger charge is 2.15. The van der Waals surface area contributed by atoms with E-state index < -0.39 is 0 Å². The number of rotatable bonds is 7. The van der Waals surface area contributed by atoms with E-state index in [1.165, 1.54) is 10.2 Å². The van der Waals surface area contributed by atoms with Gasteiger partial charge in [-0.2, -0.15) is 10.2 Å². The second-order valence-corrected chi connectivity index (χ2v) is 7.62. The molecule has 0 aliphatic carbocycles. The van der Waals surface area contributed by atoms with Crippen LogP contribution in [0.15, 0.2) is 73.1 Å². The fourth-order valence-corrected chi connectivity index (χ4v) is 3.25. The molecule has 4 rings (SSSR count). The zero-order valence-corrected chi connectivity index (χ0v) is 17.9. The van der Waals surface area contributed by atoms with Crippen molar-refractivity contribution in [1.82, 2.24) is 19.6 Å². The molecule has 0 spiro atoms. The third kappa shape index (κ3) is 5.28. The largest absolute Gasteiger partial charge is 0.318 e. The molecule has 0 atom stereocenters. The molecule has 0 bridgehead atoms. The maximum atomic E-state index is 12.6. The van der Waals surface area contributed by atoms with E-state index in [1.807, 2.05) is 37.3 Å². The first-order chi connectivity index (χ1) is 15.5. The predicted octanol–water partition coefficient (Wildman–Crippen LogP) is 3.41.